The molecule has 2 aliphatic rings. The minimum Gasteiger partial charge on any atom is -0.496 e. The molecule has 1 aromatic heterocycles. The van der Waals surface area contributed by atoms with Gasteiger partial charge in [-0.3, -0.25) is 4.79 Å². The number of para-hydroxylation sites is 1. The molecular formula is C23H18BrNO4S. The summed E-state index contributed by atoms with van der Waals surface area (Å²) >= 11 is 4.88. The number of nitrogens with zero attached hydrogens (tertiary/aromatic N) is 1. The summed E-state index contributed by atoms with van der Waals surface area (Å²) in [6.45, 7) is 0. The van der Waals surface area contributed by atoms with Crippen molar-refractivity contribution in [2.24, 2.45) is 5.92 Å². The Morgan fingerprint density at radius 3 is 2.77 bits per heavy atom. The van der Waals surface area contributed by atoms with E-state index in [1.54, 1.807) is 18.4 Å². The Balaban J connectivity index is 1.30. The zero-order valence-electron chi connectivity index (χ0n) is 15.9. The summed E-state index contributed by atoms with van der Waals surface area (Å²) in [6.07, 6.45) is 2.77. The molecule has 0 N–H and O–H groups in total. The standard InChI is InChI=1S/C23H18BrNO4S/c24-17-6-2-1-5-14(17)23(27)29-13-9-10-15-19(11-13)28-12-16(21(15)26)22-25-18-7-3-4-8-20(18)30-22/h1-8,12-13,15,19H,9-11H2. The molecule has 152 valence electrons. The first-order valence-electron chi connectivity index (χ1n) is 9.81. The number of benzene rings is 2. The average molecular weight is 484 g/mol. The van der Waals surface area contributed by atoms with Crippen LogP contribution in [0.2, 0.25) is 0 Å². The third kappa shape index (κ3) is 3.56. The van der Waals surface area contributed by atoms with E-state index < -0.39 is 0 Å². The van der Waals surface area contributed by atoms with E-state index in [0.29, 0.717) is 39.9 Å². The molecule has 5 nitrogen and oxygen atoms in total. The van der Waals surface area contributed by atoms with Gasteiger partial charge in [-0.25, -0.2) is 9.78 Å². The van der Waals surface area contributed by atoms with Gasteiger partial charge in [0.05, 0.1) is 33.5 Å². The number of ketones is 1. The Hall–Kier alpha value is -2.51. The largest absolute Gasteiger partial charge is 0.496 e. The minimum atomic E-state index is -0.362. The summed E-state index contributed by atoms with van der Waals surface area (Å²) in [5.74, 6) is -0.518. The molecule has 7 heteroatoms. The highest BCUT2D eigenvalue weighted by molar-refractivity contribution is 9.10. The lowest BCUT2D eigenvalue weighted by atomic mass is 9.79. The minimum absolute atomic E-state index is 0.0703. The van der Waals surface area contributed by atoms with Gasteiger partial charge in [-0.2, -0.15) is 0 Å². The molecule has 3 unspecified atom stereocenters. The second kappa shape index (κ2) is 7.96. The average Bonchev–Trinajstić information content (AvgIpc) is 3.18. The molecule has 0 bridgehead atoms. The van der Waals surface area contributed by atoms with E-state index in [4.69, 9.17) is 9.47 Å². The highest BCUT2D eigenvalue weighted by Gasteiger charge is 2.42. The summed E-state index contributed by atoms with van der Waals surface area (Å²) in [5.41, 5.74) is 1.93. The van der Waals surface area contributed by atoms with Gasteiger partial charge in [0, 0.05) is 10.9 Å². The van der Waals surface area contributed by atoms with Crippen molar-refractivity contribution in [2.75, 3.05) is 0 Å². The number of carbonyl (C=O) groups is 2. The van der Waals surface area contributed by atoms with Crippen molar-refractivity contribution in [3.8, 4) is 0 Å². The summed E-state index contributed by atoms with van der Waals surface area (Å²) in [5, 5.41) is 0.696. The smallest absolute Gasteiger partial charge is 0.339 e. The van der Waals surface area contributed by atoms with E-state index in [1.807, 2.05) is 36.4 Å². The van der Waals surface area contributed by atoms with E-state index in [-0.39, 0.29) is 29.9 Å². The maximum Gasteiger partial charge on any atom is 0.339 e. The number of esters is 1. The fourth-order valence-corrected chi connectivity index (χ4v) is 5.47. The van der Waals surface area contributed by atoms with Crippen molar-refractivity contribution in [2.45, 2.75) is 31.5 Å². The van der Waals surface area contributed by atoms with Gasteiger partial charge in [0.2, 0.25) is 0 Å². The molecule has 1 saturated carbocycles. The number of ether oxygens (including phenoxy) is 2. The number of Topliss-reactive ketones (excluding diaryl/α,β-unsaturated/α-hetero) is 1. The number of allylic oxidation sites excluding steroid dienone is 1. The van der Waals surface area contributed by atoms with Crippen LogP contribution in [-0.4, -0.2) is 28.9 Å². The van der Waals surface area contributed by atoms with Crippen molar-refractivity contribution < 1.29 is 19.1 Å². The van der Waals surface area contributed by atoms with Gasteiger partial charge in [0.25, 0.3) is 0 Å². The molecule has 1 aliphatic carbocycles. The van der Waals surface area contributed by atoms with Gasteiger partial charge in [-0.05, 0) is 53.0 Å². The van der Waals surface area contributed by atoms with Crippen LogP contribution in [0.1, 0.15) is 34.6 Å². The number of hydrogen-bond donors (Lipinski definition) is 0. The zero-order valence-corrected chi connectivity index (χ0v) is 18.3. The van der Waals surface area contributed by atoms with Crippen LogP contribution in [0.4, 0.5) is 0 Å². The molecular weight excluding hydrogens is 466 g/mol. The quantitative estimate of drug-likeness (QED) is 0.467. The topological polar surface area (TPSA) is 65.5 Å². The first-order chi connectivity index (χ1) is 14.6. The molecule has 0 radical (unpaired) electrons. The van der Waals surface area contributed by atoms with E-state index in [1.165, 1.54) is 11.3 Å². The van der Waals surface area contributed by atoms with Crippen LogP contribution in [0.5, 0.6) is 0 Å². The Morgan fingerprint density at radius 1 is 1.13 bits per heavy atom. The molecule has 2 aromatic carbocycles. The van der Waals surface area contributed by atoms with Gasteiger partial charge in [-0.15, -0.1) is 11.3 Å². The summed E-state index contributed by atoms with van der Waals surface area (Å²) in [4.78, 5) is 30.2. The number of thiazole rings is 1. The zero-order chi connectivity index (χ0) is 20.7. The molecule has 5 rings (SSSR count). The molecule has 1 aliphatic heterocycles. The Bertz CT molecular complexity index is 1140. The Labute approximate surface area is 185 Å². The third-order valence-electron chi connectivity index (χ3n) is 5.60. The lowest BCUT2D eigenvalue weighted by molar-refractivity contribution is -0.126. The van der Waals surface area contributed by atoms with Gasteiger partial charge in [0.1, 0.15) is 17.2 Å². The van der Waals surface area contributed by atoms with Crippen molar-refractivity contribution in [3.63, 3.8) is 0 Å². The van der Waals surface area contributed by atoms with E-state index in [2.05, 4.69) is 20.9 Å². The Morgan fingerprint density at radius 2 is 1.93 bits per heavy atom. The van der Waals surface area contributed by atoms with E-state index >= 15 is 0 Å². The lowest BCUT2D eigenvalue weighted by Gasteiger charge is -2.36. The normalized spacial score (nSPS) is 23.4. The highest BCUT2D eigenvalue weighted by atomic mass is 79.9. The predicted molar refractivity (Wildman–Crippen MR) is 118 cm³/mol. The fraction of sp³-hybridized carbons (Fsp3) is 0.261. The first-order valence-corrected chi connectivity index (χ1v) is 11.4. The molecule has 0 saturated heterocycles. The molecule has 3 aromatic rings. The van der Waals surface area contributed by atoms with Crippen molar-refractivity contribution >= 4 is 54.8 Å². The molecule has 30 heavy (non-hydrogen) atoms. The molecule has 2 heterocycles. The highest BCUT2D eigenvalue weighted by Crippen LogP contribution is 2.39. The number of rotatable bonds is 3. The molecule has 0 spiro atoms. The third-order valence-corrected chi connectivity index (χ3v) is 7.36. The SMILES string of the molecule is O=C(OC1CCC2C(=O)C(c3nc4ccccc4s3)=COC2C1)c1ccccc1Br. The van der Waals surface area contributed by atoms with Crippen LogP contribution >= 0.6 is 27.3 Å². The van der Waals surface area contributed by atoms with E-state index in [0.717, 1.165) is 10.2 Å². The van der Waals surface area contributed by atoms with Crippen LogP contribution in [0.25, 0.3) is 15.8 Å². The number of carbonyl (C=O) groups excluding carboxylic acids is 2. The number of halogens is 1. The van der Waals surface area contributed by atoms with Gasteiger partial charge < -0.3 is 9.47 Å². The van der Waals surface area contributed by atoms with Crippen molar-refractivity contribution in [3.05, 3.63) is 69.8 Å². The fourth-order valence-electron chi connectivity index (χ4n) is 4.05. The summed E-state index contributed by atoms with van der Waals surface area (Å²) < 4.78 is 13.4. The van der Waals surface area contributed by atoms with Gasteiger partial charge in [-0.1, -0.05) is 24.3 Å². The number of hydrogen-bond acceptors (Lipinski definition) is 6. The second-order valence-corrected chi connectivity index (χ2v) is 9.37. The van der Waals surface area contributed by atoms with Crippen LogP contribution < -0.4 is 0 Å². The van der Waals surface area contributed by atoms with Crippen LogP contribution in [-0.2, 0) is 14.3 Å². The van der Waals surface area contributed by atoms with Gasteiger partial charge in [0.15, 0.2) is 5.78 Å². The van der Waals surface area contributed by atoms with Gasteiger partial charge >= 0.3 is 5.97 Å². The van der Waals surface area contributed by atoms with Crippen molar-refractivity contribution in [1.29, 1.82) is 0 Å². The maximum absolute atomic E-state index is 13.1. The summed E-state index contributed by atoms with van der Waals surface area (Å²) in [6, 6.07) is 15.0. The monoisotopic (exact) mass is 483 g/mol. The predicted octanol–water partition coefficient (Wildman–Crippen LogP) is 5.39. The molecule has 1 fully saturated rings. The van der Waals surface area contributed by atoms with Crippen LogP contribution in [0.3, 0.4) is 0 Å². The summed E-state index contributed by atoms with van der Waals surface area (Å²) in [7, 11) is 0. The maximum atomic E-state index is 13.1. The molecule has 3 atom stereocenters. The second-order valence-electron chi connectivity index (χ2n) is 7.48. The van der Waals surface area contributed by atoms with Crippen molar-refractivity contribution in [1.82, 2.24) is 4.98 Å². The first kappa shape index (κ1) is 19.5. The molecule has 0 amide bonds. The van der Waals surface area contributed by atoms with Crippen LogP contribution in [0, 0.1) is 5.92 Å². The van der Waals surface area contributed by atoms with Crippen LogP contribution in [0.15, 0.2) is 59.3 Å². The Kier molecular flexibility index (Phi) is 5.16. The van der Waals surface area contributed by atoms with E-state index in [9.17, 15) is 9.59 Å². The number of aromatic nitrogens is 1. The lowest BCUT2D eigenvalue weighted by Crippen LogP contribution is -2.42. The number of fused-ring (bicyclic) bond motifs is 2.